The molecule has 0 fully saturated rings. The van der Waals surface area contributed by atoms with Gasteiger partial charge in [0.25, 0.3) is 0 Å². The molecule has 0 radical (unpaired) electrons. The van der Waals surface area contributed by atoms with Gasteiger partial charge in [-0.1, -0.05) is 44.2 Å². The number of aromatic nitrogens is 2. The van der Waals surface area contributed by atoms with Gasteiger partial charge in [-0.25, -0.2) is 9.97 Å². The van der Waals surface area contributed by atoms with Gasteiger partial charge in [0, 0.05) is 23.4 Å². The van der Waals surface area contributed by atoms with Gasteiger partial charge in [0.2, 0.25) is 0 Å². The van der Waals surface area contributed by atoms with Gasteiger partial charge in [-0.15, -0.1) is 0 Å². The van der Waals surface area contributed by atoms with Crippen LogP contribution < -0.4 is 4.90 Å². The van der Waals surface area contributed by atoms with Crippen LogP contribution in [0.4, 0.5) is 17.3 Å². The van der Waals surface area contributed by atoms with E-state index in [-0.39, 0.29) is 5.41 Å². The third-order valence-electron chi connectivity index (χ3n) is 4.37. The van der Waals surface area contributed by atoms with Crippen LogP contribution in [0, 0.1) is 0 Å². The summed E-state index contributed by atoms with van der Waals surface area (Å²) in [4.78, 5) is 11.3. The standard InChI is InChI=1S/C19H17N3/c1-19(2)14-8-3-4-10-16(14)22(17-11-5-6-12-20-17)18-15(19)9-7-13-21-18/h3-13H,1-2H3. The van der Waals surface area contributed by atoms with E-state index in [4.69, 9.17) is 0 Å². The molecule has 0 atom stereocenters. The average Bonchev–Trinajstić information content (AvgIpc) is 2.56. The number of pyridine rings is 2. The van der Waals surface area contributed by atoms with Gasteiger partial charge >= 0.3 is 0 Å². The Bertz CT molecular complexity index is 775. The van der Waals surface area contributed by atoms with Crippen LogP contribution >= 0.6 is 0 Å². The second-order valence-electron chi connectivity index (χ2n) is 6.04. The van der Waals surface area contributed by atoms with Crippen LogP contribution in [0.25, 0.3) is 0 Å². The average molecular weight is 287 g/mol. The lowest BCUT2D eigenvalue weighted by atomic mass is 9.75. The zero-order valence-electron chi connectivity index (χ0n) is 12.7. The van der Waals surface area contributed by atoms with Crippen molar-refractivity contribution in [1.82, 2.24) is 9.97 Å². The largest absolute Gasteiger partial charge is 0.278 e. The molecule has 0 spiro atoms. The fourth-order valence-electron chi connectivity index (χ4n) is 3.24. The van der Waals surface area contributed by atoms with Crippen molar-refractivity contribution >= 4 is 17.3 Å². The summed E-state index contributed by atoms with van der Waals surface area (Å²) < 4.78 is 0. The third kappa shape index (κ3) is 1.75. The maximum Gasteiger partial charge on any atom is 0.142 e. The number of hydrogen-bond donors (Lipinski definition) is 0. The quantitative estimate of drug-likeness (QED) is 0.655. The van der Waals surface area contributed by atoms with Gasteiger partial charge in [0.1, 0.15) is 11.6 Å². The summed E-state index contributed by atoms with van der Waals surface area (Å²) in [5, 5.41) is 0. The molecule has 1 aromatic carbocycles. The van der Waals surface area contributed by atoms with Crippen LogP contribution in [-0.4, -0.2) is 9.97 Å². The Morgan fingerprint density at radius 2 is 1.50 bits per heavy atom. The number of para-hydroxylation sites is 1. The van der Waals surface area contributed by atoms with Crippen molar-refractivity contribution in [1.29, 1.82) is 0 Å². The van der Waals surface area contributed by atoms with Gasteiger partial charge in [-0.3, -0.25) is 4.90 Å². The second-order valence-corrected chi connectivity index (χ2v) is 6.04. The minimum Gasteiger partial charge on any atom is -0.278 e. The van der Waals surface area contributed by atoms with E-state index < -0.39 is 0 Å². The fraction of sp³-hybridized carbons (Fsp3) is 0.158. The molecule has 22 heavy (non-hydrogen) atoms. The molecule has 2 aromatic heterocycles. The highest BCUT2D eigenvalue weighted by molar-refractivity contribution is 5.82. The van der Waals surface area contributed by atoms with E-state index in [1.165, 1.54) is 11.1 Å². The predicted molar refractivity (Wildman–Crippen MR) is 88.8 cm³/mol. The van der Waals surface area contributed by atoms with Crippen LogP contribution in [0.15, 0.2) is 67.0 Å². The van der Waals surface area contributed by atoms with Crippen molar-refractivity contribution in [3.8, 4) is 0 Å². The van der Waals surface area contributed by atoms with E-state index in [1.807, 2.05) is 36.7 Å². The summed E-state index contributed by atoms with van der Waals surface area (Å²) >= 11 is 0. The molecule has 0 bridgehead atoms. The third-order valence-corrected chi connectivity index (χ3v) is 4.37. The molecule has 108 valence electrons. The monoisotopic (exact) mass is 287 g/mol. The summed E-state index contributed by atoms with van der Waals surface area (Å²) in [5.74, 6) is 1.86. The molecular formula is C19H17N3. The number of nitrogens with zero attached hydrogens (tertiary/aromatic N) is 3. The Hall–Kier alpha value is -2.68. The zero-order chi connectivity index (χ0) is 15.2. The Balaban J connectivity index is 2.05. The van der Waals surface area contributed by atoms with Gasteiger partial charge in [-0.2, -0.15) is 0 Å². The van der Waals surface area contributed by atoms with Crippen molar-refractivity contribution in [2.75, 3.05) is 4.90 Å². The molecule has 3 heteroatoms. The van der Waals surface area contributed by atoms with Gasteiger partial charge < -0.3 is 0 Å². The van der Waals surface area contributed by atoms with Gasteiger partial charge in [0.05, 0.1) is 5.69 Å². The minimum absolute atomic E-state index is 0.0779. The number of hydrogen-bond acceptors (Lipinski definition) is 3. The highest BCUT2D eigenvalue weighted by atomic mass is 15.2. The molecule has 0 unspecified atom stereocenters. The number of anilines is 3. The maximum atomic E-state index is 4.66. The van der Waals surface area contributed by atoms with E-state index in [1.54, 1.807) is 0 Å². The van der Waals surface area contributed by atoms with Crippen LogP contribution in [-0.2, 0) is 5.41 Å². The maximum absolute atomic E-state index is 4.66. The van der Waals surface area contributed by atoms with E-state index in [2.05, 4.69) is 59.0 Å². The Morgan fingerprint density at radius 3 is 2.32 bits per heavy atom. The molecule has 1 aliphatic heterocycles. The van der Waals surface area contributed by atoms with Crippen LogP contribution in [0.3, 0.4) is 0 Å². The normalized spacial score (nSPS) is 15.1. The molecular weight excluding hydrogens is 270 g/mol. The summed E-state index contributed by atoms with van der Waals surface area (Å²) in [6.07, 6.45) is 3.67. The van der Waals surface area contributed by atoms with Gasteiger partial charge in [-0.05, 0) is 29.8 Å². The van der Waals surface area contributed by atoms with E-state index in [0.29, 0.717) is 0 Å². The van der Waals surface area contributed by atoms with Crippen molar-refractivity contribution in [3.63, 3.8) is 0 Å². The fourth-order valence-corrected chi connectivity index (χ4v) is 3.24. The second kappa shape index (κ2) is 4.67. The Kier molecular flexibility index (Phi) is 2.76. The zero-order valence-corrected chi connectivity index (χ0v) is 12.7. The molecule has 0 amide bonds. The van der Waals surface area contributed by atoms with Crippen molar-refractivity contribution in [3.05, 3.63) is 78.1 Å². The molecule has 0 aliphatic carbocycles. The van der Waals surface area contributed by atoms with Crippen molar-refractivity contribution < 1.29 is 0 Å². The van der Waals surface area contributed by atoms with Crippen LogP contribution in [0.5, 0.6) is 0 Å². The number of benzene rings is 1. The highest BCUT2D eigenvalue weighted by Crippen LogP contribution is 2.49. The lowest BCUT2D eigenvalue weighted by molar-refractivity contribution is 0.627. The molecule has 3 nitrogen and oxygen atoms in total. The lowest BCUT2D eigenvalue weighted by Gasteiger charge is -2.40. The van der Waals surface area contributed by atoms with Crippen LogP contribution in [0.1, 0.15) is 25.0 Å². The molecule has 0 saturated heterocycles. The van der Waals surface area contributed by atoms with E-state index >= 15 is 0 Å². The molecule has 3 aromatic rings. The summed E-state index contributed by atoms with van der Waals surface area (Å²) in [5.41, 5.74) is 3.59. The predicted octanol–water partition coefficient (Wildman–Crippen LogP) is 4.59. The highest BCUT2D eigenvalue weighted by Gasteiger charge is 2.37. The van der Waals surface area contributed by atoms with Crippen molar-refractivity contribution in [2.45, 2.75) is 19.3 Å². The first-order valence-electron chi connectivity index (χ1n) is 7.46. The minimum atomic E-state index is -0.0779. The smallest absolute Gasteiger partial charge is 0.142 e. The topological polar surface area (TPSA) is 29.0 Å². The Morgan fingerprint density at radius 1 is 0.773 bits per heavy atom. The van der Waals surface area contributed by atoms with Gasteiger partial charge in [0.15, 0.2) is 0 Å². The molecule has 0 N–H and O–H groups in total. The Labute approximate surface area is 130 Å². The number of fused-ring (bicyclic) bond motifs is 2. The first kappa shape index (κ1) is 13.0. The van der Waals surface area contributed by atoms with E-state index in [9.17, 15) is 0 Å². The van der Waals surface area contributed by atoms with E-state index in [0.717, 1.165) is 17.3 Å². The summed E-state index contributed by atoms with van der Waals surface area (Å²) in [7, 11) is 0. The summed E-state index contributed by atoms with van der Waals surface area (Å²) in [6.45, 7) is 4.50. The first-order valence-corrected chi connectivity index (χ1v) is 7.46. The molecule has 1 aliphatic rings. The summed E-state index contributed by atoms with van der Waals surface area (Å²) in [6, 6.07) is 18.6. The molecule has 3 heterocycles. The SMILES string of the molecule is CC1(C)c2ccccc2N(c2ccccn2)c2ncccc21. The molecule has 4 rings (SSSR count). The molecule has 0 saturated carbocycles. The lowest BCUT2D eigenvalue weighted by Crippen LogP contribution is -2.31. The van der Waals surface area contributed by atoms with Crippen LogP contribution in [0.2, 0.25) is 0 Å². The number of rotatable bonds is 1. The first-order chi connectivity index (χ1) is 10.7. The van der Waals surface area contributed by atoms with Crippen molar-refractivity contribution in [2.24, 2.45) is 0 Å².